The van der Waals surface area contributed by atoms with Crippen LogP contribution in [0.2, 0.25) is 0 Å². The van der Waals surface area contributed by atoms with Crippen molar-refractivity contribution in [2.24, 2.45) is 11.3 Å². The minimum Gasteiger partial charge on any atom is -0.0999 e. The van der Waals surface area contributed by atoms with E-state index in [-0.39, 0.29) is 0 Å². The summed E-state index contributed by atoms with van der Waals surface area (Å²) in [4.78, 5) is 0. The molecular formula is C10H18. The molecule has 0 heterocycles. The van der Waals surface area contributed by atoms with Crippen LogP contribution in [0, 0.1) is 11.3 Å². The van der Waals surface area contributed by atoms with Crippen LogP contribution in [0.25, 0.3) is 0 Å². The first-order valence-electron chi connectivity index (χ1n) is 4.19. The zero-order chi connectivity index (χ0) is 7.78. The van der Waals surface area contributed by atoms with Gasteiger partial charge in [-0.2, -0.15) is 0 Å². The normalized spacial score (nSPS) is 32.3. The fourth-order valence-electron chi connectivity index (χ4n) is 1.56. The lowest BCUT2D eigenvalue weighted by atomic mass is 9.68. The molecular weight excluding hydrogens is 120 g/mol. The first-order chi connectivity index (χ1) is 4.52. The van der Waals surface area contributed by atoms with E-state index in [9.17, 15) is 0 Å². The molecule has 0 amide bonds. The van der Waals surface area contributed by atoms with E-state index in [0.29, 0.717) is 5.41 Å². The third kappa shape index (κ3) is 1.42. The molecule has 0 bridgehead atoms. The molecule has 0 saturated heterocycles. The molecule has 10 heavy (non-hydrogen) atoms. The number of allylic oxidation sites excluding steroid dienone is 1. The molecule has 0 aliphatic heterocycles. The van der Waals surface area contributed by atoms with Gasteiger partial charge >= 0.3 is 0 Å². The quantitative estimate of drug-likeness (QED) is 0.450. The molecule has 0 unspecified atom stereocenters. The van der Waals surface area contributed by atoms with Gasteiger partial charge in [-0.05, 0) is 30.6 Å². The maximum absolute atomic E-state index is 4.03. The van der Waals surface area contributed by atoms with Crippen molar-refractivity contribution in [2.45, 2.75) is 40.0 Å². The molecule has 1 rings (SSSR count). The van der Waals surface area contributed by atoms with Crippen molar-refractivity contribution in [3.05, 3.63) is 12.2 Å². The summed E-state index contributed by atoms with van der Waals surface area (Å²) in [5, 5.41) is 0. The van der Waals surface area contributed by atoms with E-state index in [0.717, 1.165) is 5.92 Å². The molecule has 1 fully saturated rings. The molecule has 0 aromatic carbocycles. The van der Waals surface area contributed by atoms with Crippen LogP contribution in [-0.4, -0.2) is 0 Å². The van der Waals surface area contributed by atoms with E-state index in [4.69, 9.17) is 0 Å². The Morgan fingerprint density at radius 3 is 2.50 bits per heavy atom. The third-order valence-corrected chi connectivity index (χ3v) is 3.05. The van der Waals surface area contributed by atoms with Gasteiger partial charge in [-0.25, -0.2) is 0 Å². The number of hydrogen-bond acceptors (Lipinski definition) is 0. The zero-order valence-corrected chi connectivity index (χ0v) is 7.41. The molecule has 0 aromatic heterocycles. The molecule has 1 aliphatic rings. The van der Waals surface area contributed by atoms with Crippen molar-refractivity contribution < 1.29 is 0 Å². The molecule has 0 radical (unpaired) electrons. The van der Waals surface area contributed by atoms with Gasteiger partial charge in [0.2, 0.25) is 0 Å². The Morgan fingerprint density at radius 1 is 1.50 bits per heavy atom. The Balaban J connectivity index is 2.60. The smallest absolute Gasteiger partial charge is 0.0292 e. The van der Waals surface area contributed by atoms with E-state index in [1.807, 2.05) is 0 Å². The summed E-state index contributed by atoms with van der Waals surface area (Å²) in [5.41, 5.74) is 2.01. The predicted octanol–water partition coefficient (Wildman–Crippen LogP) is 3.39. The minimum absolute atomic E-state index is 0.557. The van der Waals surface area contributed by atoms with Crippen LogP contribution in [0.4, 0.5) is 0 Å². The Hall–Kier alpha value is -0.260. The third-order valence-electron chi connectivity index (χ3n) is 3.05. The summed E-state index contributed by atoms with van der Waals surface area (Å²) in [5.74, 6) is 0.828. The van der Waals surface area contributed by atoms with Crippen LogP contribution in [0.1, 0.15) is 40.0 Å². The van der Waals surface area contributed by atoms with Crippen LogP contribution in [0.5, 0.6) is 0 Å². The SMILES string of the molecule is C=C1CCC(C)(C)[C@H](C)C1. The molecule has 0 aromatic rings. The van der Waals surface area contributed by atoms with Crippen LogP contribution < -0.4 is 0 Å². The second-order valence-corrected chi connectivity index (χ2v) is 4.34. The van der Waals surface area contributed by atoms with Crippen molar-refractivity contribution >= 4 is 0 Å². The second-order valence-electron chi connectivity index (χ2n) is 4.34. The average Bonchev–Trinajstić information content (AvgIpc) is 1.81. The van der Waals surface area contributed by atoms with E-state index in [1.54, 1.807) is 0 Å². The maximum atomic E-state index is 4.03. The lowest BCUT2D eigenvalue weighted by Crippen LogP contribution is -2.26. The summed E-state index contributed by atoms with van der Waals surface area (Å²) < 4.78 is 0. The first kappa shape index (κ1) is 7.84. The highest BCUT2D eigenvalue weighted by Crippen LogP contribution is 2.41. The van der Waals surface area contributed by atoms with Crippen molar-refractivity contribution in [3.8, 4) is 0 Å². The highest BCUT2D eigenvalue weighted by Gasteiger charge is 2.29. The summed E-state index contributed by atoms with van der Waals surface area (Å²) in [7, 11) is 0. The van der Waals surface area contributed by atoms with Gasteiger partial charge in [0.05, 0.1) is 0 Å². The molecule has 0 N–H and O–H groups in total. The fourth-order valence-corrected chi connectivity index (χ4v) is 1.56. The summed E-state index contributed by atoms with van der Waals surface area (Å²) in [6.45, 7) is 11.1. The lowest BCUT2D eigenvalue weighted by Gasteiger charge is -2.37. The van der Waals surface area contributed by atoms with E-state index in [2.05, 4.69) is 27.4 Å². The molecule has 1 atom stereocenters. The van der Waals surface area contributed by atoms with Gasteiger partial charge in [0, 0.05) is 0 Å². The Kier molecular flexibility index (Phi) is 1.89. The van der Waals surface area contributed by atoms with E-state index in [1.165, 1.54) is 24.8 Å². The van der Waals surface area contributed by atoms with Gasteiger partial charge in [0.25, 0.3) is 0 Å². The van der Waals surface area contributed by atoms with Gasteiger partial charge in [0.1, 0.15) is 0 Å². The van der Waals surface area contributed by atoms with Gasteiger partial charge in [-0.15, -0.1) is 0 Å². The van der Waals surface area contributed by atoms with Crippen molar-refractivity contribution in [3.63, 3.8) is 0 Å². The van der Waals surface area contributed by atoms with Crippen LogP contribution in [0.15, 0.2) is 12.2 Å². The van der Waals surface area contributed by atoms with E-state index < -0.39 is 0 Å². The van der Waals surface area contributed by atoms with Crippen molar-refractivity contribution in [1.29, 1.82) is 0 Å². The fraction of sp³-hybridized carbons (Fsp3) is 0.800. The Labute approximate surface area is 64.3 Å². The molecule has 58 valence electrons. The highest BCUT2D eigenvalue weighted by molar-refractivity contribution is 5.03. The first-order valence-corrected chi connectivity index (χ1v) is 4.19. The lowest BCUT2D eigenvalue weighted by molar-refractivity contribution is 0.184. The summed E-state index contributed by atoms with van der Waals surface area (Å²) in [6.07, 6.45) is 3.82. The molecule has 0 spiro atoms. The van der Waals surface area contributed by atoms with E-state index >= 15 is 0 Å². The monoisotopic (exact) mass is 138 g/mol. The standard InChI is InChI=1S/C10H18/c1-8-5-6-10(3,4)9(2)7-8/h9H,1,5-7H2,2-4H3/t9-/m1/s1. The zero-order valence-electron chi connectivity index (χ0n) is 7.41. The summed E-state index contributed by atoms with van der Waals surface area (Å²) >= 11 is 0. The summed E-state index contributed by atoms with van der Waals surface area (Å²) in [6, 6.07) is 0. The van der Waals surface area contributed by atoms with Gasteiger partial charge in [-0.1, -0.05) is 32.9 Å². The second kappa shape index (κ2) is 2.41. The van der Waals surface area contributed by atoms with Gasteiger partial charge in [-0.3, -0.25) is 0 Å². The number of rotatable bonds is 0. The average molecular weight is 138 g/mol. The van der Waals surface area contributed by atoms with Crippen molar-refractivity contribution in [2.75, 3.05) is 0 Å². The van der Waals surface area contributed by atoms with Gasteiger partial charge < -0.3 is 0 Å². The molecule has 1 saturated carbocycles. The van der Waals surface area contributed by atoms with Crippen molar-refractivity contribution in [1.82, 2.24) is 0 Å². The van der Waals surface area contributed by atoms with Crippen LogP contribution in [-0.2, 0) is 0 Å². The largest absolute Gasteiger partial charge is 0.0999 e. The minimum atomic E-state index is 0.557. The molecule has 0 nitrogen and oxygen atoms in total. The van der Waals surface area contributed by atoms with Gasteiger partial charge in [0.15, 0.2) is 0 Å². The molecule has 1 aliphatic carbocycles. The topological polar surface area (TPSA) is 0 Å². The highest BCUT2D eigenvalue weighted by atomic mass is 14.3. The Morgan fingerprint density at radius 2 is 2.10 bits per heavy atom. The Bertz CT molecular complexity index is 142. The predicted molar refractivity (Wildman–Crippen MR) is 45.9 cm³/mol. The molecule has 0 heteroatoms. The number of hydrogen-bond donors (Lipinski definition) is 0. The maximum Gasteiger partial charge on any atom is -0.0292 e. The van der Waals surface area contributed by atoms with Crippen LogP contribution in [0.3, 0.4) is 0 Å². The van der Waals surface area contributed by atoms with Crippen LogP contribution >= 0.6 is 0 Å².